The lowest BCUT2D eigenvalue weighted by molar-refractivity contribution is -0.145. The zero-order valence-corrected chi connectivity index (χ0v) is 13.0. The first kappa shape index (κ1) is 15.5. The smallest absolute Gasteiger partial charge is 0.316 e. The van der Waals surface area contributed by atoms with Crippen LogP contribution in [0.2, 0.25) is 0 Å². The van der Waals surface area contributed by atoms with Crippen molar-refractivity contribution in [2.75, 3.05) is 12.9 Å². The maximum atomic E-state index is 11.9. The number of hydrogen-bond donors (Lipinski definition) is 1. The van der Waals surface area contributed by atoms with Crippen molar-refractivity contribution in [3.8, 4) is 0 Å². The average molecular weight is 310 g/mol. The molecule has 114 valence electrons. The molecule has 1 atom stereocenters. The highest BCUT2D eigenvalue weighted by Crippen LogP contribution is 2.25. The fraction of sp³-hybridized carbons (Fsp3) is 0.429. The Morgan fingerprint density at radius 2 is 2.10 bits per heavy atom. The Kier molecular flexibility index (Phi) is 4.32. The summed E-state index contributed by atoms with van der Waals surface area (Å²) in [5.74, 6) is -0.452. The van der Waals surface area contributed by atoms with Crippen molar-refractivity contribution in [2.45, 2.75) is 31.1 Å². The van der Waals surface area contributed by atoms with Gasteiger partial charge in [0.1, 0.15) is 17.3 Å². The maximum absolute atomic E-state index is 11.9. The van der Waals surface area contributed by atoms with Crippen LogP contribution in [0.25, 0.3) is 11.0 Å². The number of H-pyrrole nitrogens is 1. The van der Waals surface area contributed by atoms with E-state index in [2.05, 4.69) is 9.97 Å². The zero-order valence-electron chi connectivity index (χ0n) is 12.2. The van der Waals surface area contributed by atoms with Crippen molar-refractivity contribution >= 4 is 26.8 Å². The molecule has 1 unspecified atom stereocenters. The third-order valence-electron chi connectivity index (χ3n) is 3.20. The number of nitrogens with zero attached hydrogens (tertiary/aromatic N) is 1. The van der Waals surface area contributed by atoms with E-state index in [4.69, 9.17) is 4.74 Å². The Morgan fingerprint density at radius 1 is 1.38 bits per heavy atom. The number of hydrogen-bond acceptors (Lipinski definition) is 5. The topological polar surface area (TPSA) is 89.1 Å². The molecular formula is C14H18N2O4S. The third-order valence-corrected chi connectivity index (χ3v) is 4.33. The van der Waals surface area contributed by atoms with Gasteiger partial charge in [0.15, 0.2) is 9.84 Å². The Labute approximate surface area is 123 Å². The molecule has 0 saturated heterocycles. The number of esters is 1. The van der Waals surface area contributed by atoms with E-state index in [9.17, 15) is 13.2 Å². The quantitative estimate of drug-likeness (QED) is 0.853. The van der Waals surface area contributed by atoms with E-state index in [1.165, 1.54) is 6.07 Å². The van der Waals surface area contributed by atoms with E-state index in [-0.39, 0.29) is 10.9 Å². The molecule has 0 aliphatic carbocycles. The fourth-order valence-corrected chi connectivity index (χ4v) is 3.04. The molecule has 7 heteroatoms. The Balaban J connectivity index is 2.55. The lowest BCUT2D eigenvalue weighted by Gasteiger charge is -2.10. The number of imidazole rings is 1. The molecule has 0 fully saturated rings. The van der Waals surface area contributed by atoms with Crippen molar-refractivity contribution in [1.29, 1.82) is 0 Å². The summed E-state index contributed by atoms with van der Waals surface area (Å²) in [6.07, 6.45) is 1.66. The molecule has 2 rings (SSSR count). The van der Waals surface area contributed by atoms with Gasteiger partial charge in [-0.2, -0.15) is 0 Å². The van der Waals surface area contributed by atoms with Crippen LogP contribution in [0.3, 0.4) is 0 Å². The normalized spacial score (nSPS) is 13.3. The van der Waals surface area contributed by atoms with Crippen molar-refractivity contribution < 1.29 is 17.9 Å². The number of rotatable bonds is 5. The number of benzene rings is 1. The minimum Gasteiger partial charge on any atom is -0.465 e. The van der Waals surface area contributed by atoms with E-state index in [0.717, 1.165) is 6.26 Å². The van der Waals surface area contributed by atoms with Crippen LogP contribution in [0, 0.1) is 0 Å². The zero-order chi connectivity index (χ0) is 15.6. The molecule has 0 radical (unpaired) electrons. The van der Waals surface area contributed by atoms with E-state index >= 15 is 0 Å². The second kappa shape index (κ2) is 5.85. The number of para-hydroxylation sites is 1. The molecule has 1 aromatic carbocycles. The molecular weight excluding hydrogens is 292 g/mol. The summed E-state index contributed by atoms with van der Waals surface area (Å²) >= 11 is 0. The molecule has 1 N–H and O–H groups in total. The molecule has 0 amide bonds. The molecule has 2 aromatic rings. The largest absolute Gasteiger partial charge is 0.465 e. The van der Waals surface area contributed by atoms with Crippen molar-refractivity contribution in [3.63, 3.8) is 0 Å². The molecule has 0 saturated carbocycles. The van der Waals surface area contributed by atoms with Gasteiger partial charge in [0, 0.05) is 6.26 Å². The molecule has 1 heterocycles. The van der Waals surface area contributed by atoms with Gasteiger partial charge >= 0.3 is 5.97 Å². The van der Waals surface area contributed by atoms with E-state index in [1.807, 2.05) is 6.92 Å². The van der Waals surface area contributed by atoms with Crippen molar-refractivity contribution in [2.24, 2.45) is 0 Å². The Hall–Kier alpha value is -1.89. The number of fused-ring (bicyclic) bond motifs is 1. The predicted octanol–water partition coefficient (Wildman–Crippen LogP) is 2.02. The second-order valence-electron chi connectivity index (χ2n) is 4.76. The Bertz CT molecular complexity index is 764. The fourth-order valence-electron chi connectivity index (χ4n) is 2.20. The molecule has 6 nitrogen and oxygen atoms in total. The van der Waals surface area contributed by atoms with Gasteiger partial charge in [0.25, 0.3) is 0 Å². The van der Waals surface area contributed by atoms with Crippen LogP contribution in [0.1, 0.15) is 32.0 Å². The second-order valence-corrected chi connectivity index (χ2v) is 6.74. The first-order valence-corrected chi connectivity index (χ1v) is 8.63. The van der Waals surface area contributed by atoms with Gasteiger partial charge in [-0.05, 0) is 25.5 Å². The molecule has 0 bridgehead atoms. The summed E-state index contributed by atoms with van der Waals surface area (Å²) in [6, 6.07) is 4.89. The molecule has 21 heavy (non-hydrogen) atoms. The van der Waals surface area contributed by atoms with Crippen LogP contribution in [0.5, 0.6) is 0 Å². The van der Waals surface area contributed by atoms with Crippen LogP contribution < -0.4 is 0 Å². The summed E-state index contributed by atoms with van der Waals surface area (Å²) in [6.45, 7) is 3.89. The summed E-state index contributed by atoms with van der Waals surface area (Å²) in [7, 11) is -3.38. The van der Waals surface area contributed by atoms with Crippen LogP contribution in [-0.2, 0) is 19.4 Å². The lowest BCUT2D eigenvalue weighted by Crippen LogP contribution is -2.16. The van der Waals surface area contributed by atoms with Gasteiger partial charge in [-0.25, -0.2) is 13.4 Å². The van der Waals surface area contributed by atoms with Crippen LogP contribution in [0.4, 0.5) is 0 Å². The third kappa shape index (κ3) is 3.07. The number of aromatic nitrogens is 2. The van der Waals surface area contributed by atoms with Crippen LogP contribution in [0.15, 0.2) is 23.1 Å². The standard InChI is InChI=1S/C14H18N2O4S/c1-4-9(14(17)20-5-2)13-15-10-7-6-8-11(12(10)16-13)21(3,18)19/h6-9H,4-5H2,1-3H3,(H,15,16). The van der Waals surface area contributed by atoms with Gasteiger partial charge in [0.2, 0.25) is 0 Å². The number of carbonyl (C=O) groups is 1. The summed E-state index contributed by atoms with van der Waals surface area (Å²) in [5, 5.41) is 0. The molecule has 0 aliphatic rings. The van der Waals surface area contributed by atoms with Gasteiger partial charge < -0.3 is 9.72 Å². The molecule has 0 spiro atoms. The van der Waals surface area contributed by atoms with Crippen LogP contribution >= 0.6 is 0 Å². The highest BCUT2D eigenvalue weighted by molar-refractivity contribution is 7.91. The highest BCUT2D eigenvalue weighted by atomic mass is 32.2. The van der Waals surface area contributed by atoms with E-state index < -0.39 is 15.8 Å². The van der Waals surface area contributed by atoms with Crippen molar-refractivity contribution in [1.82, 2.24) is 9.97 Å². The summed E-state index contributed by atoms with van der Waals surface area (Å²) in [5.41, 5.74) is 0.952. The van der Waals surface area contributed by atoms with Gasteiger partial charge in [-0.1, -0.05) is 13.0 Å². The monoisotopic (exact) mass is 310 g/mol. The first-order chi connectivity index (χ1) is 9.88. The number of nitrogens with one attached hydrogen (secondary N) is 1. The average Bonchev–Trinajstić information content (AvgIpc) is 2.81. The number of carbonyl (C=O) groups excluding carboxylic acids is 1. The van der Waals surface area contributed by atoms with Gasteiger partial charge in [0.05, 0.1) is 17.0 Å². The number of ether oxygens (including phenoxy) is 1. The van der Waals surface area contributed by atoms with Crippen LogP contribution in [-0.4, -0.2) is 37.2 Å². The molecule has 0 aliphatic heterocycles. The SMILES string of the molecule is CCOC(=O)C(CC)c1nc2c(S(C)(=O)=O)cccc2[nH]1. The maximum Gasteiger partial charge on any atom is 0.316 e. The molecule has 1 aromatic heterocycles. The summed E-state index contributed by atoms with van der Waals surface area (Å²) in [4.78, 5) is 19.4. The minimum absolute atomic E-state index is 0.154. The van der Waals surface area contributed by atoms with Crippen molar-refractivity contribution in [3.05, 3.63) is 24.0 Å². The highest BCUT2D eigenvalue weighted by Gasteiger charge is 2.25. The lowest BCUT2D eigenvalue weighted by atomic mass is 10.1. The van der Waals surface area contributed by atoms with E-state index in [0.29, 0.717) is 29.9 Å². The van der Waals surface area contributed by atoms with E-state index in [1.54, 1.807) is 19.1 Å². The predicted molar refractivity (Wildman–Crippen MR) is 78.9 cm³/mol. The number of aromatic amines is 1. The minimum atomic E-state index is -3.38. The Morgan fingerprint density at radius 3 is 2.67 bits per heavy atom. The first-order valence-electron chi connectivity index (χ1n) is 6.73. The van der Waals surface area contributed by atoms with Gasteiger partial charge in [-0.3, -0.25) is 4.79 Å². The van der Waals surface area contributed by atoms with Gasteiger partial charge in [-0.15, -0.1) is 0 Å². The summed E-state index contributed by atoms with van der Waals surface area (Å²) < 4.78 is 28.6. The number of sulfone groups is 1.